The summed E-state index contributed by atoms with van der Waals surface area (Å²) < 4.78 is 12.9. The van der Waals surface area contributed by atoms with E-state index in [0.29, 0.717) is 6.42 Å². The van der Waals surface area contributed by atoms with Gasteiger partial charge in [0.05, 0.1) is 6.67 Å². The third-order valence-electron chi connectivity index (χ3n) is 3.76. The molecule has 1 saturated heterocycles. The van der Waals surface area contributed by atoms with Gasteiger partial charge in [0.15, 0.2) is 0 Å². The van der Waals surface area contributed by atoms with Gasteiger partial charge in [0, 0.05) is 32.2 Å². The molecule has 4 heteroatoms. The zero-order chi connectivity index (χ0) is 13.0. The van der Waals surface area contributed by atoms with E-state index in [9.17, 15) is 4.39 Å². The van der Waals surface area contributed by atoms with Crippen molar-refractivity contribution in [3.05, 3.63) is 34.9 Å². The van der Waals surface area contributed by atoms with Gasteiger partial charge in [-0.15, -0.1) is 12.4 Å². The summed E-state index contributed by atoms with van der Waals surface area (Å²) in [5, 5.41) is 3.35. The summed E-state index contributed by atoms with van der Waals surface area (Å²) in [5.74, 6) is 0. The van der Waals surface area contributed by atoms with Crippen molar-refractivity contribution in [2.24, 2.45) is 0 Å². The number of nitrogens with zero attached hydrogens (tertiary/aromatic N) is 1. The number of alkyl halides is 1. The van der Waals surface area contributed by atoms with Gasteiger partial charge in [-0.25, -0.2) is 0 Å². The molecule has 108 valence electrons. The molecule has 1 heterocycles. The molecule has 1 atom stereocenters. The topological polar surface area (TPSA) is 15.3 Å². The minimum absolute atomic E-state index is 0. The lowest BCUT2D eigenvalue weighted by Gasteiger charge is -2.35. The maximum Gasteiger partial charge on any atom is 0.0912 e. The molecule has 0 radical (unpaired) electrons. The fourth-order valence-electron chi connectivity index (χ4n) is 2.83. The second-order valence-electron chi connectivity index (χ2n) is 5.14. The molecule has 0 bridgehead atoms. The first-order chi connectivity index (χ1) is 8.72. The summed E-state index contributed by atoms with van der Waals surface area (Å²) in [7, 11) is 0. The summed E-state index contributed by atoms with van der Waals surface area (Å²) in [4.78, 5) is 2.41. The summed E-state index contributed by atoms with van der Waals surface area (Å²) in [6, 6.07) is 6.74. The van der Waals surface area contributed by atoms with Crippen LogP contribution in [0.1, 0.15) is 29.2 Å². The largest absolute Gasteiger partial charge is 0.314 e. The maximum absolute atomic E-state index is 12.9. The van der Waals surface area contributed by atoms with Crippen LogP contribution in [0.3, 0.4) is 0 Å². The molecule has 1 aromatic carbocycles. The first kappa shape index (κ1) is 16.4. The van der Waals surface area contributed by atoms with Crippen LogP contribution in [0.15, 0.2) is 18.2 Å². The Bertz CT molecular complexity index is 392. The van der Waals surface area contributed by atoms with Crippen LogP contribution in [0.25, 0.3) is 0 Å². The molecule has 1 aromatic rings. The smallest absolute Gasteiger partial charge is 0.0912 e. The average Bonchev–Trinajstić information content (AvgIpc) is 2.38. The zero-order valence-electron chi connectivity index (χ0n) is 11.8. The Labute approximate surface area is 121 Å². The van der Waals surface area contributed by atoms with Crippen LogP contribution in [0.5, 0.6) is 0 Å². The van der Waals surface area contributed by atoms with Crippen LogP contribution >= 0.6 is 12.4 Å². The van der Waals surface area contributed by atoms with Crippen molar-refractivity contribution in [1.82, 2.24) is 10.2 Å². The standard InChI is InChI=1S/C15H23FN2.ClH/c1-12-3-4-14(13(2)11-12)15(5-6-16)18-9-7-17-8-10-18;/h3-4,11,15,17H,5-10H2,1-2H3;1H/t15-;/m0./s1. The predicted octanol–water partition coefficient (Wildman–Crippen LogP) is 3.03. The minimum Gasteiger partial charge on any atom is -0.314 e. The molecule has 1 aliphatic heterocycles. The van der Waals surface area contributed by atoms with Crippen molar-refractivity contribution in [3.8, 4) is 0 Å². The van der Waals surface area contributed by atoms with Gasteiger partial charge in [-0.1, -0.05) is 23.8 Å². The molecule has 1 fully saturated rings. The number of halogens is 2. The van der Waals surface area contributed by atoms with Gasteiger partial charge >= 0.3 is 0 Å². The van der Waals surface area contributed by atoms with Crippen molar-refractivity contribution in [2.75, 3.05) is 32.9 Å². The number of piperazine rings is 1. The molecule has 0 spiro atoms. The number of hydrogen-bond donors (Lipinski definition) is 1. The molecule has 0 saturated carbocycles. The molecular formula is C15H24ClFN2. The fraction of sp³-hybridized carbons (Fsp3) is 0.600. The Morgan fingerprint density at radius 3 is 2.53 bits per heavy atom. The van der Waals surface area contributed by atoms with Gasteiger partial charge in [-0.3, -0.25) is 9.29 Å². The lowest BCUT2D eigenvalue weighted by atomic mass is 9.95. The van der Waals surface area contributed by atoms with E-state index in [0.717, 1.165) is 26.2 Å². The van der Waals surface area contributed by atoms with E-state index in [1.165, 1.54) is 16.7 Å². The number of benzene rings is 1. The molecule has 2 nitrogen and oxygen atoms in total. The second kappa shape index (κ2) is 7.83. The Kier molecular flexibility index (Phi) is 6.76. The molecule has 1 aliphatic rings. The van der Waals surface area contributed by atoms with Crippen LogP contribution in [-0.2, 0) is 0 Å². The Balaban J connectivity index is 0.00000180. The van der Waals surface area contributed by atoms with Gasteiger partial charge in [0.25, 0.3) is 0 Å². The Hall–Kier alpha value is -0.640. The molecule has 19 heavy (non-hydrogen) atoms. The van der Waals surface area contributed by atoms with E-state index in [2.05, 4.69) is 42.3 Å². The molecule has 0 amide bonds. The maximum atomic E-state index is 12.9. The lowest BCUT2D eigenvalue weighted by molar-refractivity contribution is 0.157. The fourth-order valence-corrected chi connectivity index (χ4v) is 2.83. The van der Waals surface area contributed by atoms with E-state index in [1.807, 2.05) is 0 Å². The summed E-state index contributed by atoms with van der Waals surface area (Å²) in [6.07, 6.45) is 0.601. The first-order valence-corrected chi connectivity index (χ1v) is 6.80. The minimum atomic E-state index is -0.248. The molecule has 2 rings (SSSR count). The SMILES string of the molecule is Cc1ccc([C@H](CCF)N2CCNCC2)c(C)c1.Cl. The Morgan fingerprint density at radius 1 is 1.26 bits per heavy atom. The van der Waals surface area contributed by atoms with Crippen molar-refractivity contribution in [2.45, 2.75) is 26.3 Å². The third-order valence-corrected chi connectivity index (χ3v) is 3.76. The van der Waals surface area contributed by atoms with E-state index >= 15 is 0 Å². The van der Waals surface area contributed by atoms with Crippen LogP contribution in [0.4, 0.5) is 4.39 Å². The van der Waals surface area contributed by atoms with Gasteiger partial charge in [-0.05, 0) is 31.4 Å². The number of aryl methyl sites for hydroxylation is 2. The van der Waals surface area contributed by atoms with Gasteiger partial charge in [0.2, 0.25) is 0 Å². The van der Waals surface area contributed by atoms with Crippen molar-refractivity contribution in [3.63, 3.8) is 0 Å². The number of rotatable bonds is 4. The van der Waals surface area contributed by atoms with Gasteiger partial charge in [-0.2, -0.15) is 0 Å². The molecule has 0 aromatic heterocycles. The predicted molar refractivity (Wildman–Crippen MR) is 80.9 cm³/mol. The third kappa shape index (κ3) is 4.16. The van der Waals surface area contributed by atoms with Crippen LogP contribution in [0.2, 0.25) is 0 Å². The van der Waals surface area contributed by atoms with Crippen LogP contribution in [-0.4, -0.2) is 37.8 Å². The highest BCUT2D eigenvalue weighted by Crippen LogP contribution is 2.28. The van der Waals surface area contributed by atoms with Crippen molar-refractivity contribution in [1.29, 1.82) is 0 Å². The molecule has 0 unspecified atom stereocenters. The monoisotopic (exact) mass is 286 g/mol. The molecular weight excluding hydrogens is 263 g/mol. The summed E-state index contributed by atoms with van der Waals surface area (Å²) >= 11 is 0. The summed E-state index contributed by atoms with van der Waals surface area (Å²) in [5.41, 5.74) is 3.85. The van der Waals surface area contributed by atoms with Crippen LogP contribution in [0, 0.1) is 13.8 Å². The lowest BCUT2D eigenvalue weighted by Crippen LogP contribution is -2.45. The molecule has 1 N–H and O–H groups in total. The van der Waals surface area contributed by atoms with E-state index in [4.69, 9.17) is 0 Å². The van der Waals surface area contributed by atoms with Gasteiger partial charge < -0.3 is 5.32 Å². The van der Waals surface area contributed by atoms with Gasteiger partial charge in [0.1, 0.15) is 0 Å². The van der Waals surface area contributed by atoms with Crippen molar-refractivity contribution >= 4 is 12.4 Å². The summed E-state index contributed by atoms with van der Waals surface area (Å²) in [6.45, 7) is 8.03. The van der Waals surface area contributed by atoms with E-state index < -0.39 is 0 Å². The highest BCUT2D eigenvalue weighted by atomic mass is 35.5. The Morgan fingerprint density at radius 2 is 1.95 bits per heavy atom. The van der Waals surface area contributed by atoms with E-state index in [1.54, 1.807) is 0 Å². The normalized spacial score (nSPS) is 17.8. The average molecular weight is 287 g/mol. The first-order valence-electron chi connectivity index (χ1n) is 6.80. The van der Waals surface area contributed by atoms with Crippen LogP contribution < -0.4 is 5.32 Å². The zero-order valence-corrected chi connectivity index (χ0v) is 12.6. The second-order valence-corrected chi connectivity index (χ2v) is 5.14. The van der Waals surface area contributed by atoms with E-state index in [-0.39, 0.29) is 25.1 Å². The quantitative estimate of drug-likeness (QED) is 0.915. The molecule has 0 aliphatic carbocycles. The van der Waals surface area contributed by atoms with Crippen molar-refractivity contribution < 1.29 is 4.39 Å². The highest BCUT2D eigenvalue weighted by Gasteiger charge is 2.22. The number of hydrogen-bond acceptors (Lipinski definition) is 2. The highest BCUT2D eigenvalue weighted by molar-refractivity contribution is 5.85. The number of nitrogens with one attached hydrogen (secondary N) is 1.